The van der Waals surface area contributed by atoms with Gasteiger partial charge in [-0.2, -0.15) is 0 Å². The van der Waals surface area contributed by atoms with Gasteiger partial charge in [0.25, 0.3) is 0 Å². The molecule has 132 heavy (non-hydrogen) atoms. The fourth-order valence-electron chi connectivity index (χ4n) is 23.8. The van der Waals surface area contributed by atoms with Crippen LogP contribution < -0.4 is 19.6 Å². The quantitative estimate of drug-likeness (QED) is 0.115. The number of nitrogens with zero attached hydrogens (tertiary/aromatic N) is 4. The number of anilines is 12. The number of para-hydroxylation sites is 8. The first-order chi connectivity index (χ1) is 65.5. The first-order valence-corrected chi connectivity index (χ1v) is 45.6. The number of hydrogen-bond donors (Lipinski definition) is 0. The zero-order valence-electron chi connectivity index (χ0n) is 71.6. The summed E-state index contributed by atoms with van der Waals surface area (Å²) in [4.78, 5) is 9.80. The monoisotopic (exact) mass is 1680 g/mol. The van der Waals surface area contributed by atoms with Crippen LogP contribution in [-0.2, 0) is 10.8 Å². The van der Waals surface area contributed by atoms with Crippen molar-refractivity contribution in [3.8, 4) is 55.6 Å². The third-order valence-electron chi connectivity index (χ3n) is 28.9. The molecule has 0 unspecified atom stereocenters. The number of benzene rings is 22. The number of hydrogen-bond acceptors (Lipinski definition) is 6. The molecule has 0 saturated heterocycles. The highest BCUT2D eigenvalue weighted by Gasteiger charge is 2.56. The van der Waals surface area contributed by atoms with Gasteiger partial charge in [-0.1, -0.05) is 309 Å². The maximum Gasteiger partial charge on any atom is 0.143 e. The standard InChI is InChI=1S/C126H78N4O2/c1-7-35-83(36-8-1)127(84-37-9-2-10-38-84)91-63-67-93-81(75-91)61-65-104-117-110(125(122(93)104)106-55-25-19-49-95(106)96-50-20-26-56-107(96)125)77-112(101-71-72-116-119(120(101)117)103-54-24-30-60-115(103)131-116)130(88-45-17-6-18-46-88)90-48-32-34-80(74-90)79-33-31-47-89(73-79)128(85-39-11-3-12-40-85)92-64-68-94-82(76-92)62-66-105-118-111(126(123(94)105)108-57-27-21-51-97(108)98-52-22-28-58-109(98)126)78-113(129(86-41-13-4-14-42-86)87-43-15-5-16-44-87)102-70-69-100-99-53-23-29-59-114(99)132-124(100)121(102)118/h1-78H. The van der Waals surface area contributed by atoms with Gasteiger partial charge in [0.05, 0.1) is 22.2 Å². The molecule has 0 amide bonds. The second kappa shape index (κ2) is 28.6. The van der Waals surface area contributed by atoms with Gasteiger partial charge in [-0.25, -0.2) is 0 Å². The molecular formula is C126H78N4O2. The van der Waals surface area contributed by atoms with E-state index in [1.165, 1.54) is 99.8 Å². The minimum atomic E-state index is -0.788. The predicted molar refractivity (Wildman–Crippen MR) is 548 cm³/mol. The lowest BCUT2D eigenvalue weighted by atomic mass is 9.69. The Kier molecular flexibility index (Phi) is 16.0. The molecule has 22 aromatic carbocycles. The van der Waals surface area contributed by atoms with Gasteiger partial charge < -0.3 is 28.4 Å². The maximum absolute atomic E-state index is 7.34. The Hall–Kier alpha value is -17.3. The van der Waals surface area contributed by atoms with Crippen molar-refractivity contribution in [3.05, 3.63) is 518 Å². The summed E-state index contributed by atoms with van der Waals surface area (Å²) >= 11 is 0. The SMILES string of the molecule is c1ccc(N(c2cccc(-c3cccc(N(c4ccccc4)c4cc5c(c6c4ccc4oc7ccccc7c46)-c4ccc6cc(N(c7ccccc7)c7ccccc7)ccc6c4C54c5ccccc5-c5ccccc54)c3)c2)c2ccc3c4c(ccc3c2)-c2c(cc(N(c3ccccc3)c3ccccc3)c3ccc5c6ccccc6oc5c23)C42c3ccccc3-c3ccccc32)cc1. The Morgan fingerprint density at radius 3 is 0.970 bits per heavy atom. The molecule has 0 fully saturated rings. The van der Waals surface area contributed by atoms with Crippen LogP contribution in [0.5, 0.6) is 0 Å². The van der Waals surface area contributed by atoms with Crippen molar-refractivity contribution in [2.24, 2.45) is 0 Å². The van der Waals surface area contributed by atoms with Gasteiger partial charge in [-0.3, -0.25) is 0 Å². The van der Waals surface area contributed by atoms with E-state index in [1.807, 2.05) is 0 Å². The molecule has 0 bridgehead atoms. The lowest BCUT2D eigenvalue weighted by molar-refractivity contribution is 0.669. The Morgan fingerprint density at radius 1 is 0.174 bits per heavy atom. The summed E-state index contributed by atoms with van der Waals surface area (Å²) in [6.07, 6.45) is 0. The lowest BCUT2D eigenvalue weighted by Crippen LogP contribution is -2.26. The van der Waals surface area contributed by atoms with E-state index in [1.54, 1.807) is 0 Å². The van der Waals surface area contributed by atoms with E-state index in [0.29, 0.717) is 0 Å². The first kappa shape index (κ1) is 73.8. The molecule has 24 aromatic rings. The Morgan fingerprint density at radius 2 is 0.508 bits per heavy atom. The van der Waals surface area contributed by atoms with E-state index in [0.717, 1.165) is 156 Å². The highest BCUT2D eigenvalue weighted by atomic mass is 16.3. The van der Waals surface area contributed by atoms with Crippen LogP contribution >= 0.6 is 0 Å². The summed E-state index contributed by atoms with van der Waals surface area (Å²) in [5.74, 6) is 0. The van der Waals surface area contributed by atoms with Gasteiger partial charge in [0.2, 0.25) is 0 Å². The van der Waals surface area contributed by atoms with E-state index >= 15 is 0 Å². The second-order valence-corrected chi connectivity index (χ2v) is 35.5. The molecule has 0 radical (unpaired) electrons. The largest absolute Gasteiger partial charge is 0.456 e. The van der Waals surface area contributed by atoms with Gasteiger partial charge in [0.15, 0.2) is 0 Å². The van der Waals surface area contributed by atoms with Crippen molar-refractivity contribution in [3.63, 3.8) is 0 Å². The Balaban J connectivity index is 0.631. The van der Waals surface area contributed by atoms with Gasteiger partial charge in [-0.05, 0) is 285 Å². The number of furan rings is 2. The molecule has 2 aromatic heterocycles. The van der Waals surface area contributed by atoms with Gasteiger partial charge in [0.1, 0.15) is 22.3 Å². The van der Waals surface area contributed by atoms with E-state index in [4.69, 9.17) is 8.83 Å². The highest BCUT2D eigenvalue weighted by molar-refractivity contribution is 6.29. The molecule has 4 aliphatic carbocycles. The van der Waals surface area contributed by atoms with Crippen LogP contribution in [0.1, 0.15) is 44.5 Å². The highest BCUT2D eigenvalue weighted by Crippen LogP contribution is 2.70. The van der Waals surface area contributed by atoms with Crippen LogP contribution in [0, 0.1) is 0 Å². The average molecular weight is 1680 g/mol. The van der Waals surface area contributed by atoms with Crippen LogP contribution in [0.15, 0.2) is 482 Å². The van der Waals surface area contributed by atoms with E-state index in [-0.39, 0.29) is 0 Å². The summed E-state index contributed by atoms with van der Waals surface area (Å²) in [7, 11) is 0. The fraction of sp³-hybridized carbons (Fsp3) is 0.0159. The third kappa shape index (κ3) is 10.5. The van der Waals surface area contributed by atoms with Crippen LogP contribution in [0.25, 0.3) is 143 Å². The van der Waals surface area contributed by atoms with Crippen LogP contribution in [-0.4, -0.2) is 0 Å². The van der Waals surface area contributed by atoms with Crippen molar-refractivity contribution in [2.45, 2.75) is 10.8 Å². The van der Waals surface area contributed by atoms with E-state index < -0.39 is 10.8 Å². The molecular weight excluding hydrogens is 1600 g/mol. The zero-order chi connectivity index (χ0) is 86.4. The molecule has 0 N–H and O–H groups in total. The summed E-state index contributed by atoms with van der Waals surface area (Å²) in [6.45, 7) is 0. The molecule has 614 valence electrons. The summed E-state index contributed by atoms with van der Waals surface area (Å²) in [5.41, 5.74) is 36.6. The Labute approximate surface area is 762 Å². The van der Waals surface area contributed by atoms with Crippen LogP contribution in [0.2, 0.25) is 0 Å². The van der Waals surface area contributed by atoms with Crippen LogP contribution in [0.4, 0.5) is 68.2 Å². The smallest absolute Gasteiger partial charge is 0.143 e. The average Bonchev–Trinajstić information content (AvgIpc) is 1.49. The topological polar surface area (TPSA) is 39.2 Å². The molecule has 2 heterocycles. The molecule has 0 atom stereocenters. The minimum absolute atomic E-state index is 0.777. The Bertz CT molecular complexity index is 8760. The second-order valence-electron chi connectivity index (χ2n) is 35.5. The molecule has 2 spiro atoms. The molecule has 0 aliphatic heterocycles. The number of rotatable bonds is 13. The fourth-order valence-corrected chi connectivity index (χ4v) is 23.8. The van der Waals surface area contributed by atoms with Crippen molar-refractivity contribution in [2.75, 3.05) is 19.6 Å². The molecule has 0 saturated carbocycles. The van der Waals surface area contributed by atoms with Gasteiger partial charge in [-0.15, -0.1) is 0 Å². The summed E-state index contributed by atoms with van der Waals surface area (Å²) in [5, 5.41) is 13.5. The molecule has 6 heteroatoms. The minimum Gasteiger partial charge on any atom is -0.456 e. The lowest BCUT2D eigenvalue weighted by Gasteiger charge is -2.34. The number of fused-ring (bicyclic) bond motifs is 36. The predicted octanol–water partition coefficient (Wildman–Crippen LogP) is 34.3. The van der Waals surface area contributed by atoms with Gasteiger partial charge in [0, 0.05) is 100.0 Å². The van der Waals surface area contributed by atoms with Crippen molar-refractivity contribution >= 4 is 155 Å². The van der Waals surface area contributed by atoms with Crippen molar-refractivity contribution < 1.29 is 8.83 Å². The van der Waals surface area contributed by atoms with E-state index in [9.17, 15) is 0 Å². The third-order valence-corrected chi connectivity index (χ3v) is 28.9. The van der Waals surface area contributed by atoms with E-state index in [2.05, 4.69) is 493 Å². The normalized spacial score (nSPS) is 13.1. The summed E-state index contributed by atoms with van der Waals surface area (Å²) in [6, 6.07) is 176. The van der Waals surface area contributed by atoms with Crippen LogP contribution in [0.3, 0.4) is 0 Å². The molecule has 4 aliphatic rings. The molecule has 28 rings (SSSR count). The van der Waals surface area contributed by atoms with Crippen molar-refractivity contribution in [1.82, 2.24) is 0 Å². The van der Waals surface area contributed by atoms with Crippen molar-refractivity contribution in [1.29, 1.82) is 0 Å². The first-order valence-electron chi connectivity index (χ1n) is 45.6. The summed E-state index contributed by atoms with van der Waals surface area (Å²) < 4.78 is 14.4. The van der Waals surface area contributed by atoms with Gasteiger partial charge >= 0.3 is 0 Å². The molecule has 6 nitrogen and oxygen atoms in total. The zero-order valence-corrected chi connectivity index (χ0v) is 71.6. The maximum atomic E-state index is 7.34.